The molecule has 0 spiro atoms. The van der Waals surface area contributed by atoms with Crippen molar-refractivity contribution in [1.29, 1.82) is 0 Å². The molecule has 0 aliphatic rings. The minimum atomic E-state index is -0.320. The first-order valence-electron chi connectivity index (χ1n) is 5.48. The van der Waals surface area contributed by atoms with Crippen molar-refractivity contribution >= 4 is 17.3 Å². The first-order chi connectivity index (χ1) is 8.24. The van der Waals surface area contributed by atoms with Gasteiger partial charge in [-0.05, 0) is 30.2 Å². The summed E-state index contributed by atoms with van der Waals surface area (Å²) in [5, 5.41) is 3.56. The minimum Gasteiger partial charge on any atom is -0.385 e. The Hall–Kier alpha value is -1.54. The number of halogens is 2. The van der Waals surface area contributed by atoms with E-state index in [0.717, 1.165) is 13.0 Å². The zero-order valence-electron chi connectivity index (χ0n) is 9.29. The highest BCUT2D eigenvalue weighted by atomic mass is 35.5. The molecular weight excluding hydrogens is 237 g/mol. The van der Waals surface area contributed by atoms with Gasteiger partial charge in [0.15, 0.2) is 0 Å². The van der Waals surface area contributed by atoms with Crippen LogP contribution < -0.4 is 5.32 Å². The van der Waals surface area contributed by atoms with Gasteiger partial charge in [0.2, 0.25) is 0 Å². The van der Waals surface area contributed by atoms with Crippen LogP contribution >= 0.6 is 11.6 Å². The molecule has 0 fully saturated rings. The number of benzene rings is 2. The van der Waals surface area contributed by atoms with Gasteiger partial charge < -0.3 is 5.32 Å². The van der Waals surface area contributed by atoms with Gasteiger partial charge in [-0.25, -0.2) is 4.39 Å². The molecular formula is C14H13ClFN. The topological polar surface area (TPSA) is 12.0 Å². The maximum Gasteiger partial charge on any atom is 0.126 e. The maximum absolute atomic E-state index is 13.1. The Morgan fingerprint density at radius 2 is 1.82 bits per heavy atom. The second kappa shape index (κ2) is 5.69. The summed E-state index contributed by atoms with van der Waals surface area (Å²) in [4.78, 5) is 0. The lowest BCUT2D eigenvalue weighted by Gasteiger charge is -2.07. The summed E-state index contributed by atoms with van der Waals surface area (Å²) in [6, 6.07) is 14.6. The van der Waals surface area contributed by atoms with Crippen molar-refractivity contribution in [3.05, 3.63) is 64.9 Å². The largest absolute Gasteiger partial charge is 0.385 e. The second-order valence-electron chi connectivity index (χ2n) is 3.82. The van der Waals surface area contributed by atoms with Crippen LogP contribution in [0, 0.1) is 5.82 Å². The van der Waals surface area contributed by atoms with E-state index < -0.39 is 0 Å². The molecule has 0 amide bonds. The van der Waals surface area contributed by atoms with Gasteiger partial charge in [0.05, 0.1) is 0 Å². The molecule has 2 aromatic carbocycles. The quantitative estimate of drug-likeness (QED) is 0.859. The maximum atomic E-state index is 13.1. The van der Waals surface area contributed by atoms with Crippen LogP contribution in [0.25, 0.3) is 0 Å². The molecule has 3 heteroatoms. The fraction of sp³-hybridized carbons (Fsp3) is 0.143. The normalized spacial score (nSPS) is 10.2. The first-order valence-corrected chi connectivity index (χ1v) is 5.86. The Morgan fingerprint density at radius 1 is 1.06 bits per heavy atom. The summed E-state index contributed by atoms with van der Waals surface area (Å²) in [6.45, 7) is 0.754. The number of hydrogen-bond donors (Lipinski definition) is 1. The predicted molar refractivity (Wildman–Crippen MR) is 70.0 cm³/mol. The van der Waals surface area contributed by atoms with Crippen molar-refractivity contribution in [1.82, 2.24) is 0 Å². The van der Waals surface area contributed by atoms with E-state index in [-0.39, 0.29) is 5.82 Å². The third kappa shape index (κ3) is 3.75. The highest BCUT2D eigenvalue weighted by Crippen LogP contribution is 2.17. The average Bonchev–Trinajstić information content (AvgIpc) is 2.29. The van der Waals surface area contributed by atoms with E-state index in [4.69, 9.17) is 11.6 Å². The van der Waals surface area contributed by atoms with Crippen molar-refractivity contribution < 1.29 is 4.39 Å². The van der Waals surface area contributed by atoms with Crippen molar-refractivity contribution in [2.75, 3.05) is 11.9 Å². The molecule has 2 rings (SSSR count). The second-order valence-corrected chi connectivity index (χ2v) is 4.26. The smallest absolute Gasteiger partial charge is 0.126 e. The standard InChI is InChI=1S/C14H13ClFN/c15-12-8-13(16)10-14(9-12)17-7-6-11-4-2-1-3-5-11/h1-5,8-10,17H,6-7H2. The minimum absolute atomic E-state index is 0.320. The molecule has 0 radical (unpaired) electrons. The van der Waals surface area contributed by atoms with Gasteiger partial charge in [-0.2, -0.15) is 0 Å². The molecule has 0 unspecified atom stereocenters. The average molecular weight is 250 g/mol. The molecule has 0 aliphatic carbocycles. The Labute approximate surface area is 105 Å². The third-order valence-corrected chi connectivity index (χ3v) is 2.67. The lowest BCUT2D eigenvalue weighted by molar-refractivity contribution is 0.628. The summed E-state index contributed by atoms with van der Waals surface area (Å²) < 4.78 is 13.1. The van der Waals surface area contributed by atoms with Gasteiger partial charge in [-0.15, -0.1) is 0 Å². The third-order valence-electron chi connectivity index (χ3n) is 2.45. The predicted octanol–water partition coefficient (Wildman–Crippen LogP) is 4.13. The monoisotopic (exact) mass is 249 g/mol. The number of anilines is 1. The van der Waals surface area contributed by atoms with Crippen molar-refractivity contribution in [3.8, 4) is 0 Å². The molecule has 17 heavy (non-hydrogen) atoms. The van der Waals surface area contributed by atoms with Crippen LogP contribution in [0.1, 0.15) is 5.56 Å². The summed E-state index contributed by atoms with van der Waals surface area (Å²) in [6.07, 6.45) is 0.898. The summed E-state index contributed by atoms with van der Waals surface area (Å²) in [5.74, 6) is -0.320. The van der Waals surface area contributed by atoms with Crippen LogP contribution in [0.5, 0.6) is 0 Å². The van der Waals surface area contributed by atoms with Gasteiger partial charge in [-0.1, -0.05) is 41.9 Å². The van der Waals surface area contributed by atoms with Crippen LogP contribution in [0.3, 0.4) is 0 Å². The van der Waals surface area contributed by atoms with Crippen molar-refractivity contribution in [2.24, 2.45) is 0 Å². The van der Waals surface area contributed by atoms with E-state index in [1.165, 1.54) is 17.7 Å². The highest BCUT2D eigenvalue weighted by Gasteiger charge is 1.98. The van der Waals surface area contributed by atoms with E-state index in [2.05, 4.69) is 17.4 Å². The fourth-order valence-corrected chi connectivity index (χ4v) is 1.87. The molecule has 1 N–H and O–H groups in total. The van der Waals surface area contributed by atoms with Gasteiger partial charge >= 0.3 is 0 Å². The molecule has 88 valence electrons. The summed E-state index contributed by atoms with van der Waals surface area (Å²) in [5.41, 5.74) is 1.97. The number of rotatable bonds is 4. The SMILES string of the molecule is Fc1cc(Cl)cc(NCCc2ccccc2)c1. The van der Waals surface area contributed by atoms with Gasteiger partial charge in [0.1, 0.15) is 5.82 Å². The van der Waals surface area contributed by atoms with Crippen LogP contribution in [0.15, 0.2) is 48.5 Å². The molecule has 0 saturated carbocycles. The van der Waals surface area contributed by atoms with E-state index >= 15 is 0 Å². The van der Waals surface area contributed by atoms with Gasteiger partial charge in [-0.3, -0.25) is 0 Å². The van der Waals surface area contributed by atoms with E-state index in [0.29, 0.717) is 10.7 Å². The van der Waals surface area contributed by atoms with Crippen LogP contribution in [0.4, 0.5) is 10.1 Å². The first kappa shape index (κ1) is 11.9. The molecule has 0 bridgehead atoms. The van der Waals surface area contributed by atoms with Crippen LogP contribution in [-0.2, 0) is 6.42 Å². The zero-order valence-corrected chi connectivity index (χ0v) is 10.0. The van der Waals surface area contributed by atoms with Crippen molar-refractivity contribution in [2.45, 2.75) is 6.42 Å². The number of nitrogens with one attached hydrogen (secondary N) is 1. The van der Waals surface area contributed by atoms with Crippen LogP contribution in [0.2, 0.25) is 5.02 Å². The van der Waals surface area contributed by atoms with E-state index in [1.807, 2.05) is 18.2 Å². The molecule has 1 nitrogen and oxygen atoms in total. The molecule has 0 atom stereocenters. The van der Waals surface area contributed by atoms with E-state index in [1.54, 1.807) is 6.07 Å². The number of hydrogen-bond acceptors (Lipinski definition) is 1. The lowest BCUT2D eigenvalue weighted by Crippen LogP contribution is -2.04. The Balaban J connectivity index is 1.90. The summed E-state index contributed by atoms with van der Waals surface area (Å²) >= 11 is 5.77. The summed E-state index contributed by atoms with van der Waals surface area (Å²) in [7, 11) is 0. The van der Waals surface area contributed by atoms with E-state index in [9.17, 15) is 4.39 Å². The Bertz CT molecular complexity index is 465. The molecule has 0 saturated heterocycles. The van der Waals surface area contributed by atoms with Crippen LogP contribution in [-0.4, -0.2) is 6.54 Å². The zero-order chi connectivity index (χ0) is 12.1. The highest BCUT2D eigenvalue weighted by molar-refractivity contribution is 6.30. The molecule has 0 aliphatic heterocycles. The molecule has 0 aromatic heterocycles. The molecule has 0 heterocycles. The Kier molecular flexibility index (Phi) is 3.99. The van der Waals surface area contributed by atoms with Gasteiger partial charge in [0, 0.05) is 17.3 Å². The Morgan fingerprint density at radius 3 is 2.53 bits per heavy atom. The fourth-order valence-electron chi connectivity index (χ4n) is 1.65. The van der Waals surface area contributed by atoms with Gasteiger partial charge in [0.25, 0.3) is 0 Å². The lowest BCUT2D eigenvalue weighted by atomic mass is 10.1. The molecule has 2 aromatic rings. The van der Waals surface area contributed by atoms with Crippen molar-refractivity contribution in [3.63, 3.8) is 0 Å².